The molecule has 2 nitrogen and oxygen atoms in total. The van der Waals surface area contributed by atoms with Crippen molar-refractivity contribution in [2.24, 2.45) is 0 Å². The summed E-state index contributed by atoms with van der Waals surface area (Å²) in [7, 11) is 0. The third-order valence-electron chi connectivity index (χ3n) is 11.4. The molecule has 0 atom stereocenters. The summed E-state index contributed by atoms with van der Waals surface area (Å²) >= 11 is 1.87. The maximum absolute atomic E-state index is 4.90. The largest absolute Gasteiger partial charge is 0.296 e. The Morgan fingerprint density at radius 3 is 1.71 bits per heavy atom. The van der Waals surface area contributed by atoms with Crippen LogP contribution in [-0.4, -0.2) is 9.55 Å². The molecule has 0 fully saturated rings. The maximum atomic E-state index is 4.90. The number of rotatable bonds is 6. The van der Waals surface area contributed by atoms with Crippen molar-refractivity contribution in [1.29, 1.82) is 0 Å². The number of nitrogens with zero attached hydrogens (tertiary/aromatic N) is 2. The second-order valence-electron chi connectivity index (χ2n) is 14.6. The Labute approximate surface area is 329 Å². The molecule has 0 saturated heterocycles. The van der Waals surface area contributed by atoms with Gasteiger partial charge in [-0.25, -0.2) is 4.98 Å². The topological polar surface area (TPSA) is 17.8 Å². The van der Waals surface area contributed by atoms with Crippen LogP contribution in [0.25, 0.3) is 103 Å². The second kappa shape index (κ2) is 13.2. The SMILES string of the molecule is CCc1nc2ccccc2n1-c1ccc(-c2ccc(-c3c4ccccc4c(-c4ccc5sc6ccccc6c5c4)c4cc(-c5ccccc5)ccc34)cc2)cc1. The number of imidazole rings is 1. The number of aryl methyl sites for hydroxylation is 1. The Bertz CT molecular complexity index is 3260. The van der Waals surface area contributed by atoms with E-state index in [2.05, 4.69) is 200 Å². The van der Waals surface area contributed by atoms with Crippen molar-refractivity contribution in [2.75, 3.05) is 0 Å². The molecule has 11 rings (SSSR count). The molecule has 3 heteroatoms. The number of hydrogen-bond donors (Lipinski definition) is 0. The smallest absolute Gasteiger partial charge is 0.114 e. The van der Waals surface area contributed by atoms with Gasteiger partial charge in [-0.2, -0.15) is 0 Å². The highest BCUT2D eigenvalue weighted by Gasteiger charge is 2.19. The lowest BCUT2D eigenvalue weighted by atomic mass is 9.84. The number of thiophene rings is 1. The Morgan fingerprint density at radius 2 is 0.946 bits per heavy atom. The summed E-state index contributed by atoms with van der Waals surface area (Å²) in [4.78, 5) is 4.90. The summed E-state index contributed by atoms with van der Waals surface area (Å²) in [5, 5.41) is 7.67. The van der Waals surface area contributed by atoms with Gasteiger partial charge in [0.2, 0.25) is 0 Å². The Hall–Kier alpha value is -6.81. The molecule has 11 aromatic rings. The first kappa shape index (κ1) is 32.6. The van der Waals surface area contributed by atoms with E-state index in [1.54, 1.807) is 0 Å². The van der Waals surface area contributed by atoms with E-state index in [-0.39, 0.29) is 0 Å². The summed E-state index contributed by atoms with van der Waals surface area (Å²) in [6.07, 6.45) is 0.872. The summed E-state index contributed by atoms with van der Waals surface area (Å²) in [6, 6.07) is 69.1. The first-order valence-corrected chi connectivity index (χ1v) is 20.2. The lowest BCUT2D eigenvalue weighted by Crippen LogP contribution is -1.99. The Morgan fingerprint density at radius 1 is 0.411 bits per heavy atom. The van der Waals surface area contributed by atoms with E-state index in [0.29, 0.717) is 0 Å². The zero-order valence-electron chi connectivity index (χ0n) is 30.9. The van der Waals surface area contributed by atoms with E-state index in [0.717, 1.165) is 29.0 Å². The van der Waals surface area contributed by atoms with Crippen LogP contribution < -0.4 is 0 Å². The zero-order chi connectivity index (χ0) is 37.2. The average Bonchev–Trinajstić information content (AvgIpc) is 3.84. The molecule has 0 aliphatic heterocycles. The summed E-state index contributed by atoms with van der Waals surface area (Å²) in [5.74, 6) is 1.07. The fourth-order valence-corrected chi connectivity index (χ4v) is 9.81. The highest BCUT2D eigenvalue weighted by molar-refractivity contribution is 7.25. The van der Waals surface area contributed by atoms with Crippen LogP contribution in [0.1, 0.15) is 12.7 Å². The molecule has 264 valence electrons. The molecule has 0 saturated carbocycles. The van der Waals surface area contributed by atoms with Crippen molar-refractivity contribution < 1.29 is 0 Å². The Kier molecular flexibility index (Phi) is 7.68. The number of benzene rings is 9. The van der Waals surface area contributed by atoms with Gasteiger partial charge in [-0.15, -0.1) is 11.3 Å². The van der Waals surface area contributed by atoms with Gasteiger partial charge in [0.15, 0.2) is 0 Å². The van der Waals surface area contributed by atoms with E-state index in [9.17, 15) is 0 Å². The maximum Gasteiger partial charge on any atom is 0.114 e. The highest BCUT2D eigenvalue weighted by atomic mass is 32.1. The monoisotopic (exact) mass is 732 g/mol. The zero-order valence-corrected chi connectivity index (χ0v) is 31.7. The van der Waals surface area contributed by atoms with E-state index in [1.165, 1.54) is 86.2 Å². The first-order valence-electron chi connectivity index (χ1n) is 19.3. The summed E-state index contributed by atoms with van der Waals surface area (Å²) < 4.78 is 4.93. The van der Waals surface area contributed by atoms with Gasteiger partial charge < -0.3 is 0 Å². The van der Waals surface area contributed by atoms with Gasteiger partial charge in [-0.05, 0) is 115 Å². The van der Waals surface area contributed by atoms with Crippen LogP contribution >= 0.6 is 11.3 Å². The first-order chi connectivity index (χ1) is 27.7. The molecule has 56 heavy (non-hydrogen) atoms. The predicted molar refractivity (Wildman–Crippen MR) is 240 cm³/mol. The van der Waals surface area contributed by atoms with Crippen LogP contribution in [-0.2, 0) is 6.42 Å². The van der Waals surface area contributed by atoms with Crippen LogP contribution in [0.3, 0.4) is 0 Å². The van der Waals surface area contributed by atoms with Crippen LogP contribution in [0.2, 0.25) is 0 Å². The van der Waals surface area contributed by atoms with E-state index in [4.69, 9.17) is 4.98 Å². The van der Waals surface area contributed by atoms with Crippen LogP contribution in [0.4, 0.5) is 0 Å². The van der Waals surface area contributed by atoms with Gasteiger partial charge in [0.25, 0.3) is 0 Å². The van der Waals surface area contributed by atoms with Crippen molar-refractivity contribution >= 4 is 64.1 Å². The molecule has 0 unspecified atom stereocenters. The van der Waals surface area contributed by atoms with E-state index < -0.39 is 0 Å². The van der Waals surface area contributed by atoms with E-state index in [1.807, 2.05) is 11.3 Å². The van der Waals surface area contributed by atoms with Crippen LogP contribution in [0, 0.1) is 0 Å². The standard InChI is InChI=1S/C53H36N2S/c1-2-51-54-47-17-9-10-18-48(47)55(51)40-28-24-36(25-29-40)35-20-22-37(23-21-35)52-42-15-6-7-16-43(42)53(46-32-38(26-30-44(46)52)34-12-4-3-5-13-34)39-27-31-50-45(33-39)41-14-8-11-19-49(41)56-50/h3-33H,2H2,1H3. The van der Waals surface area contributed by atoms with Gasteiger partial charge in [0.05, 0.1) is 11.0 Å². The van der Waals surface area contributed by atoms with Gasteiger partial charge in [0, 0.05) is 32.3 Å². The molecule has 0 N–H and O–H groups in total. The average molecular weight is 733 g/mol. The van der Waals surface area contributed by atoms with Gasteiger partial charge in [0.1, 0.15) is 5.82 Å². The van der Waals surface area contributed by atoms with Crippen molar-refractivity contribution in [3.8, 4) is 50.2 Å². The quantitative estimate of drug-likeness (QED) is 0.156. The van der Waals surface area contributed by atoms with Gasteiger partial charge in [-0.3, -0.25) is 4.57 Å². The number of aromatic nitrogens is 2. The van der Waals surface area contributed by atoms with Crippen molar-refractivity contribution in [3.05, 3.63) is 194 Å². The van der Waals surface area contributed by atoms with Crippen LogP contribution in [0.5, 0.6) is 0 Å². The minimum atomic E-state index is 0.872. The highest BCUT2D eigenvalue weighted by Crippen LogP contribution is 2.46. The second-order valence-corrected chi connectivity index (χ2v) is 15.6. The third kappa shape index (κ3) is 5.27. The minimum absolute atomic E-state index is 0.872. The summed E-state index contributed by atoms with van der Waals surface area (Å²) in [6.45, 7) is 2.17. The lowest BCUT2D eigenvalue weighted by Gasteiger charge is -2.19. The molecule has 9 aromatic carbocycles. The molecule has 2 aromatic heterocycles. The normalized spacial score (nSPS) is 11.7. The fourth-order valence-electron chi connectivity index (χ4n) is 8.73. The lowest BCUT2D eigenvalue weighted by molar-refractivity contribution is 0.908. The molecule has 0 radical (unpaired) electrons. The molecule has 0 amide bonds. The van der Waals surface area contributed by atoms with Gasteiger partial charge in [-0.1, -0.05) is 146 Å². The molecular weight excluding hydrogens is 697 g/mol. The molecular formula is C53H36N2S. The Balaban J connectivity index is 1.07. The van der Waals surface area contributed by atoms with Crippen LogP contribution in [0.15, 0.2) is 188 Å². The van der Waals surface area contributed by atoms with Gasteiger partial charge >= 0.3 is 0 Å². The number of fused-ring (bicyclic) bond motifs is 6. The van der Waals surface area contributed by atoms with Crippen molar-refractivity contribution in [1.82, 2.24) is 9.55 Å². The summed E-state index contributed by atoms with van der Waals surface area (Å²) in [5.41, 5.74) is 13.1. The molecule has 0 aliphatic carbocycles. The molecule has 0 spiro atoms. The van der Waals surface area contributed by atoms with E-state index >= 15 is 0 Å². The van der Waals surface area contributed by atoms with Crippen molar-refractivity contribution in [3.63, 3.8) is 0 Å². The molecule has 0 bridgehead atoms. The number of para-hydroxylation sites is 2. The third-order valence-corrected chi connectivity index (χ3v) is 12.5. The molecule has 0 aliphatic rings. The minimum Gasteiger partial charge on any atom is -0.296 e. The predicted octanol–water partition coefficient (Wildman–Crippen LogP) is 14.9. The number of hydrogen-bond acceptors (Lipinski definition) is 2. The fraction of sp³-hybridized carbons (Fsp3) is 0.0377. The molecule has 2 heterocycles. The van der Waals surface area contributed by atoms with Crippen molar-refractivity contribution in [2.45, 2.75) is 13.3 Å².